The highest BCUT2D eigenvalue weighted by molar-refractivity contribution is 7.18. The van der Waals surface area contributed by atoms with Crippen molar-refractivity contribution in [3.8, 4) is 0 Å². The summed E-state index contributed by atoms with van der Waals surface area (Å²) in [6.07, 6.45) is 3.99. The molecule has 0 amide bonds. The molecule has 1 N–H and O–H groups in total. The summed E-state index contributed by atoms with van der Waals surface area (Å²) in [4.78, 5) is 14.6. The number of nitrogens with one attached hydrogen (secondary N) is 1. The molecule has 3 aromatic rings. The van der Waals surface area contributed by atoms with E-state index in [1.807, 2.05) is 6.33 Å². The minimum absolute atomic E-state index is 0.653. The summed E-state index contributed by atoms with van der Waals surface area (Å²) in [5.74, 6) is 0. The zero-order chi connectivity index (χ0) is 21.2. The Bertz CT molecular complexity index is 1080. The van der Waals surface area contributed by atoms with Gasteiger partial charge in [-0.25, -0.2) is 4.98 Å². The lowest BCUT2D eigenvalue weighted by atomic mass is 10.1. The maximum Gasteiger partial charge on any atom is 0.136 e. The summed E-state index contributed by atoms with van der Waals surface area (Å²) < 4.78 is 2.05. The molecule has 6 nitrogen and oxygen atoms in total. The second kappa shape index (κ2) is 9.20. The number of rotatable bonds is 6. The summed E-state index contributed by atoms with van der Waals surface area (Å²) in [7, 11) is 2.17. The number of piperazine rings is 1. The summed E-state index contributed by atoms with van der Waals surface area (Å²) in [5, 5.41) is 9.90. The van der Waals surface area contributed by atoms with Gasteiger partial charge >= 0.3 is 0 Å². The van der Waals surface area contributed by atoms with Gasteiger partial charge in [0.1, 0.15) is 10.3 Å². The first-order valence-electron chi connectivity index (χ1n) is 11.4. The molecule has 0 atom stereocenters. The van der Waals surface area contributed by atoms with Gasteiger partial charge in [0, 0.05) is 57.2 Å². The molecule has 0 unspecified atom stereocenters. The van der Waals surface area contributed by atoms with Crippen LogP contribution in [0.1, 0.15) is 22.4 Å². The van der Waals surface area contributed by atoms with Gasteiger partial charge in [-0.1, -0.05) is 30.3 Å². The highest BCUT2D eigenvalue weighted by atomic mass is 32.1. The summed E-state index contributed by atoms with van der Waals surface area (Å²) in [6, 6.07) is 10.8. The zero-order valence-electron chi connectivity index (χ0n) is 18.4. The molecule has 0 radical (unpaired) electrons. The number of hydrogen-bond donors (Lipinski definition) is 1. The van der Waals surface area contributed by atoms with Crippen molar-refractivity contribution in [1.29, 1.82) is 5.41 Å². The molecule has 2 aliphatic rings. The number of fused-ring (bicyclic) bond motifs is 3. The lowest BCUT2D eigenvalue weighted by Crippen LogP contribution is -2.46. The van der Waals surface area contributed by atoms with E-state index in [0.29, 0.717) is 5.49 Å². The van der Waals surface area contributed by atoms with Crippen molar-refractivity contribution in [2.45, 2.75) is 32.5 Å². The van der Waals surface area contributed by atoms with Gasteiger partial charge in [0.15, 0.2) is 0 Å². The molecule has 4 heterocycles. The van der Waals surface area contributed by atoms with Crippen LogP contribution >= 0.6 is 11.3 Å². The Morgan fingerprint density at radius 2 is 1.77 bits per heavy atom. The lowest BCUT2D eigenvalue weighted by molar-refractivity contribution is 0.125. The summed E-state index contributed by atoms with van der Waals surface area (Å²) >= 11 is 1.77. The van der Waals surface area contributed by atoms with Gasteiger partial charge < -0.3 is 14.4 Å². The second-order valence-electron chi connectivity index (χ2n) is 8.92. The van der Waals surface area contributed by atoms with E-state index >= 15 is 0 Å². The minimum Gasteiger partial charge on any atom is -0.317 e. The topological polar surface area (TPSA) is 51.4 Å². The molecule has 1 aromatic carbocycles. The Morgan fingerprint density at radius 3 is 2.58 bits per heavy atom. The van der Waals surface area contributed by atoms with E-state index in [-0.39, 0.29) is 0 Å². The smallest absolute Gasteiger partial charge is 0.136 e. The van der Waals surface area contributed by atoms with Crippen molar-refractivity contribution >= 4 is 21.6 Å². The van der Waals surface area contributed by atoms with Gasteiger partial charge in [-0.05, 0) is 37.6 Å². The molecule has 0 aliphatic carbocycles. The van der Waals surface area contributed by atoms with E-state index in [1.165, 1.54) is 16.0 Å². The Labute approximate surface area is 188 Å². The highest BCUT2D eigenvalue weighted by Crippen LogP contribution is 2.31. The number of thiophene rings is 1. The largest absolute Gasteiger partial charge is 0.317 e. The number of nitrogens with zero attached hydrogens (tertiary/aromatic N) is 5. The summed E-state index contributed by atoms with van der Waals surface area (Å²) in [6.45, 7) is 9.62. The van der Waals surface area contributed by atoms with Gasteiger partial charge in [-0.2, -0.15) is 0 Å². The number of aryl methyl sites for hydroxylation is 1. The van der Waals surface area contributed by atoms with E-state index in [9.17, 15) is 0 Å². The van der Waals surface area contributed by atoms with Crippen LogP contribution in [-0.4, -0.2) is 70.6 Å². The first kappa shape index (κ1) is 20.8. The van der Waals surface area contributed by atoms with Crippen molar-refractivity contribution in [1.82, 2.24) is 24.3 Å². The minimum atomic E-state index is 0.653. The summed E-state index contributed by atoms with van der Waals surface area (Å²) in [5.41, 5.74) is 3.43. The molecule has 0 bridgehead atoms. The molecule has 164 valence electrons. The highest BCUT2D eigenvalue weighted by Gasteiger charge is 2.21. The molecule has 0 spiro atoms. The molecule has 2 aromatic heterocycles. The van der Waals surface area contributed by atoms with Crippen molar-refractivity contribution in [3.63, 3.8) is 0 Å². The van der Waals surface area contributed by atoms with E-state index < -0.39 is 0 Å². The van der Waals surface area contributed by atoms with E-state index in [4.69, 9.17) is 10.4 Å². The monoisotopic (exact) mass is 436 g/mol. The molecular weight excluding hydrogens is 404 g/mol. The van der Waals surface area contributed by atoms with Crippen LogP contribution in [0.5, 0.6) is 0 Å². The van der Waals surface area contributed by atoms with Crippen LogP contribution in [0.25, 0.3) is 10.2 Å². The SMILES string of the molecule is CN1CCc2c(sc3ncn(CCCN4CCN(Cc5ccccc5)CC4)c(=N)c23)C1. The normalized spacial score (nSPS) is 18.5. The molecule has 5 rings (SSSR count). The average Bonchev–Trinajstić information content (AvgIpc) is 3.15. The number of benzene rings is 1. The van der Waals surface area contributed by atoms with Crippen LogP contribution in [0.2, 0.25) is 0 Å². The lowest BCUT2D eigenvalue weighted by Gasteiger charge is -2.34. The number of hydrogen-bond acceptors (Lipinski definition) is 6. The van der Waals surface area contributed by atoms with Crippen molar-refractivity contribution in [2.24, 2.45) is 0 Å². The Morgan fingerprint density at radius 1 is 1.00 bits per heavy atom. The van der Waals surface area contributed by atoms with Crippen LogP contribution in [0.3, 0.4) is 0 Å². The van der Waals surface area contributed by atoms with Crippen molar-refractivity contribution < 1.29 is 0 Å². The van der Waals surface area contributed by atoms with Crippen molar-refractivity contribution in [2.75, 3.05) is 46.3 Å². The zero-order valence-corrected chi connectivity index (χ0v) is 19.2. The predicted molar refractivity (Wildman–Crippen MR) is 126 cm³/mol. The fourth-order valence-corrected chi connectivity index (χ4v) is 6.09. The maximum absolute atomic E-state index is 8.80. The average molecular weight is 437 g/mol. The Hall–Kier alpha value is -2.06. The standard InChI is InChI=1S/C24H32N6S/c1-27-11-8-20-21(17-27)31-24-22(20)23(25)30(18-26-24)10-5-9-28-12-14-29(15-13-28)16-19-6-3-2-4-7-19/h2-4,6-7,18,25H,5,8-17H2,1H3. The molecule has 1 fully saturated rings. The fraction of sp³-hybridized carbons (Fsp3) is 0.500. The fourth-order valence-electron chi connectivity index (χ4n) is 4.82. The Kier molecular flexibility index (Phi) is 6.18. The molecule has 2 aliphatic heterocycles. The van der Waals surface area contributed by atoms with Crippen LogP contribution in [-0.2, 0) is 26.1 Å². The van der Waals surface area contributed by atoms with E-state index in [1.54, 1.807) is 11.3 Å². The van der Waals surface area contributed by atoms with Gasteiger partial charge in [-0.15, -0.1) is 11.3 Å². The van der Waals surface area contributed by atoms with Gasteiger partial charge in [0.25, 0.3) is 0 Å². The van der Waals surface area contributed by atoms with Crippen LogP contribution in [0, 0.1) is 5.41 Å². The third-order valence-corrected chi connectivity index (χ3v) is 7.78. The predicted octanol–water partition coefficient (Wildman–Crippen LogP) is 2.77. The second-order valence-corrected chi connectivity index (χ2v) is 10.00. The first-order chi connectivity index (χ1) is 15.2. The van der Waals surface area contributed by atoms with Gasteiger partial charge in [0.2, 0.25) is 0 Å². The Balaban J connectivity index is 1.15. The molecular formula is C24H32N6S. The van der Waals surface area contributed by atoms with Gasteiger partial charge in [-0.3, -0.25) is 10.3 Å². The van der Waals surface area contributed by atoms with Gasteiger partial charge in [0.05, 0.1) is 11.7 Å². The van der Waals surface area contributed by atoms with E-state index in [0.717, 1.165) is 82.0 Å². The maximum atomic E-state index is 8.80. The molecule has 31 heavy (non-hydrogen) atoms. The number of aromatic nitrogens is 2. The van der Waals surface area contributed by atoms with E-state index in [2.05, 4.69) is 56.6 Å². The quantitative estimate of drug-likeness (QED) is 0.646. The molecule has 1 saturated heterocycles. The first-order valence-corrected chi connectivity index (χ1v) is 12.2. The van der Waals surface area contributed by atoms with Crippen LogP contribution in [0.4, 0.5) is 0 Å². The molecule has 7 heteroatoms. The van der Waals surface area contributed by atoms with Crippen LogP contribution in [0.15, 0.2) is 36.7 Å². The van der Waals surface area contributed by atoms with Crippen LogP contribution < -0.4 is 5.49 Å². The third kappa shape index (κ3) is 4.60. The van der Waals surface area contributed by atoms with Crippen molar-refractivity contribution in [3.05, 3.63) is 58.2 Å². The molecule has 0 saturated carbocycles. The number of likely N-dealkylation sites (N-methyl/N-ethyl adjacent to an activating group) is 1. The third-order valence-electron chi connectivity index (χ3n) is 6.65.